The van der Waals surface area contributed by atoms with Gasteiger partial charge in [-0.2, -0.15) is 0 Å². The Kier molecular flexibility index (Phi) is 7.72. The van der Waals surface area contributed by atoms with Gasteiger partial charge >= 0.3 is 12.1 Å². The predicted molar refractivity (Wildman–Crippen MR) is 115 cm³/mol. The molecule has 4 heterocycles. The third-order valence-electron chi connectivity index (χ3n) is 5.52. The van der Waals surface area contributed by atoms with Crippen molar-refractivity contribution < 1.29 is 38.7 Å². The molecule has 2 aliphatic rings. The van der Waals surface area contributed by atoms with Crippen molar-refractivity contribution in [3.05, 3.63) is 12.7 Å². The highest BCUT2D eigenvalue weighted by atomic mass is 16.6. The van der Waals surface area contributed by atoms with E-state index in [1.165, 1.54) is 17.2 Å². The molecule has 34 heavy (non-hydrogen) atoms. The molecule has 2 saturated heterocycles. The van der Waals surface area contributed by atoms with Crippen molar-refractivity contribution in [1.29, 1.82) is 0 Å². The van der Waals surface area contributed by atoms with Crippen molar-refractivity contribution in [2.24, 2.45) is 0 Å². The fourth-order valence-electron chi connectivity index (χ4n) is 3.79. The topological polar surface area (TPSA) is 179 Å². The van der Waals surface area contributed by atoms with E-state index in [9.17, 15) is 19.8 Å². The second kappa shape index (κ2) is 10.9. The van der Waals surface area contributed by atoms with Crippen LogP contribution in [0.2, 0.25) is 0 Å². The first kappa shape index (κ1) is 24.1. The van der Waals surface area contributed by atoms with Crippen LogP contribution in [0, 0.1) is 0 Å². The molecular formula is C20H28N6O8. The first-order valence-corrected chi connectivity index (χ1v) is 11.1. The van der Waals surface area contributed by atoms with Crippen LogP contribution in [0.1, 0.15) is 26.0 Å². The number of nitrogens with one attached hydrogen (secondary N) is 2. The highest BCUT2D eigenvalue weighted by molar-refractivity contribution is 5.82. The molecule has 2 aromatic heterocycles. The summed E-state index contributed by atoms with van der Waals surface area (Å²) in [5.41, 5.74) is 0.895. The minimum atomic E-state index is -1.31. The molecule has 5 atom stereocenters. The number of carbonyl (C=O) groups is 2. The van der Waals surface area contributed by atoms with E-state index < -0.39 is 36.6 Å². The molecule has 0 aliphatic carbocycles. The first-order chi connectivity index (χ1) is 16.5. The summed E-state index contributed by atoms with van der Waals surface area (Å²) in [5, 5.41) is 26.7. The molecule has 0 bridgehead atoms. The number of hydrogen-bond donors (Lipinski definition) is 4. The van der Waals surface area contributed by atoms with Gasteiger partial charge in [0, 0.05) is 13.2 Å². The summed E-state index contributed by atoms with van der Waals surface area (Å²) in [5.74, 6) is 0.0984. The number of fused-ring (bicyclic) bond motifs is 1. The predicted octanol–water partition coefficient (Wildman–Crippen LogP) is -0.674. The number of hydrogen-bond acceptors (Lipinski definition) is 12. The number of nitrogens with zero attached hydrogens (tertiary/aromatic N) is 4. The molecule has 4 rings (SSSR count). The minimum Gasteiger partial charge on any atom is -0.466 e. The lowest BCUT2D eigenvalue weighted by Crippen LogP contribution is -2.36. The largest absolute Gasteiger partial charge is 0.466 e. The minimum absolute atomic E-state index is 0.00641. The third-order valence-corrected chi connectivity index (χ3v) is 5.52. The zero-order valence-corrected chi connectivity index (χ0v) is 18.6. The van der Waals surface area contributed by atoms with Crippen molar-refractivity contribution in [3.63, 3.8) is 0 Å². The van der Waals surface area contributed by atoms with Gasteiger partial charge in [0.05, 0.1) is 32.0 Å². The van der Waals surface area contributed by atoms with Gasteiger partial charge in [0.15, 0.2) is 23.2 Å². The van der Waals surface area contributed by atoms with Gasteiger partial charge in [0.1, 0.15) is 31.2 Å². The standard InChI is InChI=1S/C20H28N6O8/c1-2-32-13(27)3-5-21-20(30)33-8-12-15(28)16(29)19(34-12)26-10-24-14-17(22-9-23-18(14)26)25-11-4-6-31-7-11/h9-12,15-16,19,28-29H,2-8H2,1H3,(H,21,30)(H,22,23,25). The summed E-state index contributed by atoms with van der Waals surface area (Å²) in [4.78, 5) is 36.0. The molecule has 0 aromatic carbocycles. The number of carbonyl (C=O) groups excluding carboxylic acids is 2. The highest BCUT2D eigenvalue weighted by Crippen LogP contribution is 2.32. The Balaban J connectivity index is 1.35. The highest BCUT2D eigenvalue weighted by Gasteiger charge is 2.45. The van der Waals surface area contributed by atoms with Gasteiger partial charge in [-0.05, 0) is 13.3 Å². The Bertz CT molecular complexity index is 997. The van der Waals surface area contributed by atoms with Crippen molar-refractivity contribution in [3.8, 4) is 0 Å². The molecule has 1 amide bonds. The summed E-state index contributed by atoms with van der Waals surface area (Å²) < 4.78 is 22.5. The van der Waals surface area contributed by atoms with Crippen LogP contribution in [0.3, 0.4) is 0 Å². The van der Waals surface area contributed by atoms with E-state index in [1.807, 2.05) is 0 Å². The number of anilines is 1. The summed E-state index contributed by atoms with van der Waals surface area (Å²) in [6, 6.07) is 0.114. The van der Waals surface area contributed by atoms with E-state index in [2.05, 4.69) is 25.6 Å². The Hall–Kier alpha value is -3.07. The Labute approximate surface area is 194 Å². The first-order valence-electron chi connectivity index (χ1n) is 11.1. The lowest BCUT2D eigenvalue weighted by atomic mass is 10.1. The van der Waals surface area contributed by atoms with Crippen molar-refractivity contribution in [2.45, 2.75) is 50.3 Å². The van der Waals surface area contributed by atoms with Crippen molar-refractivity contribution in [2.75, 3.05) is 38.3 Å². The molecule has 2 aliphatic heterocycles. The molecule has 0 spiro atoms. The van der Waals surface area contributed by atoms with E-state index >= 15 is 0 Å². The molecular weight excluding hydrogens is 452 g/mol. The molecule has 5 unspecified atom stereocenters. The van der Waals surface area contributed by atoms with Crippen LogP contribution in [-0.4, -0.2) is 99.1 Å². The summed E-state index contributed by atoms with van der Waals surface area (Å²) in [7, 11) is 0. The summed E-state index contributed by atoms with van der Waals surface area (Å²) in [6.45, 7) is 2.93. The second-order valence-electron chi connectivity index (χ2n) is 7.88. The van der Waals surface area contributed by atoms with Gasteiger partial charge in [0.2, 0.25) is 0 Å². The van der Waals surface area contributed by atoms with Crippen LogP contribution >= 0.6 is 0 Å². The van der Waals surface area contributed by atoms with E-state index in [4.69, 9.17) is 18.9 Å². The van der Waals surface area contributed by atoms with E-state index in [1.54, 1.807) is 6.92 Å². The van der Waals surface area contributed by atoms with E-state index in [-0.39, 0.29) is 32.2 Å². The van der Waals surface area contributed by atoms with Crippen LogP contribution in [0.15, 0.2) is 12.7 Å². The Morgan fingerprint density at radius 1 is 1.24 bits per heavy atom. The van der Waals surface area contributed by atoms with Crippen molar-refractivity contribution >= 4 is 29.0 Å². The van der Waals surface area contributed by atoms with E-state index in [0.717, 1.165) is 6.42 Å². The number of esters is 1. The average molecular weight is 480 g/mol. The van der Waals surface area contributed by atoms with Gasteiger partial charge < -0.3 is 39.8 Å². The van der Waals surface area contributed by atoms with Crippen LogP contribution in [0.5, 0.6) is 0 Å². The number of alkyl carbamates (subject to hydrolysis) is 1. The molecule has 186 valence electrons. The van der Waals surface area contributed by atoms with Gasteiger partial charge in [-0.3, -0.25) is 9.36 Å². The van der Waals surface area contributed by atoms with Gasteiger partial charge in [-0.15, -0.1) is 0 Å². The van der Waals surface area contributed by atoms with E-state index in [0.29, 0.717) is 30.2 Å². The molecule has 2 aromatic rings. The lowest BCUT2D eigenvalue weighted by molar-refractivity contribution is -0.142. The fourth-order valence-corrected chi connectivity index (χ4v) is 3.79. The zero-order chi connectivity index (χ0) is 24.1. The summed E-state index contributed by atoms with van der Waals surface area (Å²) in [6.07, 6.45) is -1.73. The average Bonchev–Trinajstić information content (AvgIpc) is 3.54. The van der Waals surface area contributed by atoms with Gasteiger partial charge in [0.25, 0.3) is 0 Å². The SMILES string of the molecule is CCOC(=O)CCNC(=O)OCC1OC(n2cnc3c(NC4CCOC4)ncnc32)C(O)C1O. The molecule has 0 saturated carbocycles. The normalized spacial score (nSPS) is 26.5. The van der Waals surface area contributed by atoms with Crippen molar-refractivity contribution in [1.82, 2.24) is 24.8 Å². The maximum atomic E-state index is 11.9. The number of ether oxygens (including phenoxy) is 4. The Morgan fingerprint density at radius 3 is 2.85 bits per heavy atom. The number of aliphatic hydroxyl groups is 2. The number of rotatable bonds is 9. The number of aliphatic hydroxyl groups excluding tert-OH is 2. The van der Waals surface area contributed by atoms with Crippen LogP contribution in [0.4, 0.5) is 10.6 Å². The monoisotopic (exact) mass is 480 g/mol. The molecule has 0 radical (unpaired) electrons. The lowest BCUT2D eigenvalue weighted by Gasteiger charge is -2.17. The summed E-state index contributed by atoms with van der Waals surface area (Å²) >= 11 is 0. The molecule has 4 N–H and O–H groups in total. The maximum absolute atomic E-state index is 11.9. The second-order valence-corrected chi connectivity index (χ2v) is 7.88. The number of imidazole rings is 1. The van der Waals surface area contributed by atoms with Crippen LogP contribution < -0.4 is 10.6 Å². The number of aromatic nitrogens is 4. The molecule has 14 heteroatoms. The van der Waals surface area contributed by atoms with Gasteiger partial charge in [-0.1, -0.05) is 0 Å². The molecule has 2 fully saturated rings. The van der Waals surface area contributed by atoms with Crippen LogP contribution in [-0.2, 0) is 23.7 Å². The van der Waals surface area contributed by atoms with Crippen LogP contribution in [0.25, 0.3) is 11.2 Å². The Morgan fingerprint density at radius 2 is 2.09 bits per heavy atom. The fraction of sp³-hybridized carbons (Fsp3) is 0.650. The smallest absolute Gasteiger partial charge is 0.407 e. The quantitative estimate of drug-likeness (QED) is 0.333. The maximum Gasteiger partial charge on any atom is 0.407 e. The third kappa shape index (κ3) is 5.35. The number of amides is 1. The molecule has 14 nitrogen and oxygen atoms in total. The van der Waals surface area contributed by atoms with Gasteiger partial charge in [-0.25, -0.2) is 19.7 Å². The zero-order valence-electron chi connectivity index (χ0n) is 18.6.